The van der Waals surface area contributed by atoms with Gasteiger partial charge in [-0.05, 0) is 38.5 Å². The Bertz CT molecular complexity index is 238. The summed E-state index contributed by atoms with van der Waals surface area (Å²) in [6, 6.07) is 0.155. The minimum Gasteiger partial charge on any atom is -0.379 e. The van der Waals surface area contributed by atoms with Gasteiger partial charge in [-0.3, -0.25) is 0 Å². The molecule has 0 bridgehead atoms. The van der Waals surface area contributed by atoms with E-state index in [2.05, 4.69) is 27.7 Å². The second-order valence-electron chi connectivity index (χ2n) is 6.53. The fourth-order valence-electron chi connectivity index (χ4n) is 2.35. The van der Waals surface area contributed by atoms with Crippen LogP contribution in [0.3, 0.4) is 0 Å². The zero-order chi connectivity index (χ0) is 13.1. The number of hydrogen-bond acceptors (Lipinski definition) is 3. The number of ether oxygens (including phenoxy) is 2. The van der Waals surface area contributed by atoms with Crippen LogP contribution in [0.4, 0.5) is 0 Å². The van der Waals surface area contributed by atoms with Crippen molar-refractivity contribution in [1.82, 2.24) is 0 Å². The van der Waals surface area contributed by atoms with Crippen molar-refractivity contribution in [3.63, 3.8) is 0 Å². The van der Waals surface area contributed by atoms with E-state index in [-0.39, 0.29) is 23.2 Å². The molecule has 2 atom stereocenters. The summed E-state index contributed by atoms with van der Waals surface area (Å²) in [5, 5.41) is 0. The molecule has 17 heavy (non-hydrogen) atoms. The Labute approximate surface area is 106 Å². The van der Waals surface area contributed by atoms with Gasteiger partial charge < -0.3 is 15.2 Å². The lowest BCUT2D eigenvalue weighted by molar-refractivity contribution is -0.0565. The van der Waals surface area contributed by atoms with Crippen LogP contribution in [-0.2, 0) is 9.47 Å². The monoisotopic (exact) mass is 243 g/mol. The summed E-state index contributed by atoms with van der Waals surface area (Å²) in [5.74, 6) is 0. The fourth-order valence-corrected chi connectivity index (χ4v) is 2.35. The van der Waals surface area contributed by atoms with Crippen LogP contribution in [0.25, 0.3) is 0 Å². The van der Waals surface area contributed by atoms with Gasteiger partial charge in [-0.25, -0.2) is 0 Å². The molecule has 1 saturated carbocycles. The molecule has 2 N–H and O–H groups in total. The molecule has 0 aromatic rings. The first-order valence-electron chi connectivity index (χ1n) is 6.71. The van der Waals surface area contributed by atoms with Crippen molar-refractivity contribution in [3.8, 4) is 0 Å². The Morgan fingerprint density at radius 3 is 2.59 bits per heavy atom. The van der Waals surface area contributed by atoms with E-state index in [1.54, 1.807) is 7.11 Å². The quantitative estimate of drug-likeness (QED) is 0.807. The molecule has 0 amide bonds. The van der Waals surface area contributed by atoms with Crippen LogP contribution in [0.15, 0.2) is 0 Å². The largest absolute Gasteiger partial charge is 0.379 e. The third kappa shape index (κ3) is 4.23. The first-order valence-corrected chi connectivity index (χ1v) is 6.71. The molecule has 2 unspecified atom stereocenters. The lowest BCUT2D eigenvalue weighted by atomic mass is 9.72. The van der Waals surface area contributed by atoms with Crippen LogP contribution in [0.2, 0.25) is 0 Å². The summed E-state index contributed by atoms with van der Waals surface area (Å²) < 4.78 is 11.3. The van der Waals surface area contributed by atoms with Crippen LogP contribution in [0, 0.1) is 5.41 Å². The molecule has 1 fully saturated rings. The predicted molar refractivity (Wildman–Crippen MR) is 71.1 cm³/mol. The molecule has 0 aliphatic heterocycles. The molecule has 1 aliphatic carbocycles. The molecule has 1 aliphatic rings. The normalized spacial score (nSPS) is 29.3. The van der Waals surface area contributed by atoms with Gasteiger partial charge in [0.25, 0.3) is 0 Å². The van der Waals surface area contributed by atoms with Crippen molar-refractivity contribution < 1.29 is 9.47 Å². The van der Waals surface area contributed by atoms with Crippen LogP contribution in [0.1, 0.15) is 53.4 Å². The van der Waals surface area contributed by atoms with Gasteiger partial charge in [-0.2, -0.15) is 0 Å². The smallest absolute Gasteiger partial charge is 0.0731 e. The van der Waals surface area contributed by atoms with Crippen LogP contribution < -0.4 is 5.73 Å². The van der Waals surface area contributed by atoms with Crippen LogP contribution in [0.5, 0.6) is 0 Å². The second kappa shape index (κ2) is 5.68. The van der Waals surface area contributed by atoms with E-state index in [1.807, 2.05) is 0 Å². The number of nitrogens with two attached hydrogens (primary N) is 1. The average Bonchev–Trinajstić information content (AvgIpc) is 2.24. The maximum atomic E-state index is 6.28. The van der Waals surface area contributed by atoms with Gasteiger partial charge in [0.05, 0.1) is 11.7 Å². The summed E-state index contributed by atoms with van der Waals surface area (Å²) in [7, 11) is 1.75. The zero-order valence-electron chi connectivity index (χ0n) is 12.1. The maximum Gasteiger partial charge on any atom is 0.0731 e. The van der Waals surface area contributed by atoms with Crippen molar-refractivity contribution >= 4 is 0 Å². The predicted octanol–water partition coefficient (Wildman–Crippen LogP) is 2.72. The number of hydrogen-bond donors (Lipinski definition) is 1. The lowest BCUT2D eigenvalue weighted by Gasteiger charge is -2.41. The maximum absolute atomic E-state index is 6.28. The lowest BCUT2D eigenvalue weighted by Crippen LogP contribution is -2.50. The minimum absolute atomic E-state index is 0.103. The van der Waals surface area contributed by atoms with E-state index in [9.17, 15) is 0 Å². The standard InChI is InChI=1S/C14H29NO2/c1-13(2)8-6-7-11(12(13)15)17-10-9-14(3,4)16-5/h11-12H,6-10,15H2,1-5H3. The Morgan fingerprint density at radius 2 is 2.00 bits per heavy atom. The van der Waals surface area contributed by atoms with Crippen molar-refractivity contribution in [2.45, 2.75) is 71.1 Å². The van der Waals surface area contributed by atoms with E-state index in [1.165, 1.54) is 12.8 Å². The summed E-state index contributed by atoms with van der Waals surface area (Å²) in [6.45, 7) is 9.38. The molecular weight excluding hydrogens is 214 g/mol. The molecule has 0 radical (unpaired) electrons. The van der Waals surface area contributed by atoms with E-state index in [4.69, 9.17) is 15.2 Å². The average molecular weight is 243 g/mol. The van der Waals surface area contributed by atoms with Gasteiger partial charge in [0, 0.05) is 19.8 Å². The highest BCUT2D eigenvalue weighted by Crippen LogP contribution is 2.35. The van der Waals surface area contributed by atoms with Crippen molar-refractivity contribution in [2.75, 3.05) is 13.7 Å². The van der Waals surface area contributed by atoms with Crippen LogP contribution in [-0.4, -0.2) is 31.5 Å². The number of methoxy groups -OCH3 is 1. The summed E-state index contributed by atoms with van der Waals surface area (Å²) in [5.41, 5.74) is 6.39. The van der Waals surface area contributed by atoms with Gasteiger partial charge in [-0.1, -0.05) is 20.3 Å². The fraction of sp³-hybridized carbons (Fsp3) is 1.00. The van der Waals surface area contributed by atoms with E-state index < -0.39 is 0 Å². The molecule has 0 aromatic carbocycles. The third-order valence-corrected chi connectivity index (χ3v) is 4.20. The molecule has 3 heteroatoms. The molecule has 3 nitrogen and oxygen atoms in total. The van der Waals surface area contributed by atoms with E-state index >= 15 is 0 Å². The summed E-state index contributed by atoms with van der Waals surface area (Å²) in [6.07, 6.45) is 4.65. The van der Waals surface area contributed by atoms with Crippen molar-refractivity contribution in [2.24, 2.45) is 11.1 Å². The SMILES string of the molecule is COC(C)(C)CCOC1CCCC(C)(C)C1N. The molecule has 1 rings (SSSR count). The van der Waals surface area contributed by atoms with Gasteiger partial charge >= 0.3 is 0 Å². The summed E-state index contributed by atoms with van der Waals surface area (Å²) in [4.78, 5) is 0. The van der Waals surface area contributed by atoms with Gasteiger partial charge in [0.1, 0.15) is 0 Å². The molecule has 0 aromatic heterocycles. The Kier molecular flexibility index (Phi) is 4.99. The molecule has 0 saturated heterocycles. The highest BCUT2D eigenvalue weighted by molar-refractivity contribution is 4.92. The first-order chi connectivity index (χ1) is 7.78. The molecular formula is C14H29NO2. The molecule has 0 heterocycles. The van der Waals surface area contributed by atoms with E-state index in [0.717, 1.165) is 19.4 Å². The second-order valence-corrected chi connectivity index (χ2v) is 6.53. The van der Waals surface area contributed by atoms with Gasteiger partial charge in [-0.15, -0.1) is 0 Å². The zero-order valence-corrected chi connectivity index (χ0v) is 12.1. The minimum atomic E-state index is -0.103. The van der Waals surface area contributed by atoms with Crippen molar-refractivity contribution in [1.29, 1.82) is 0 Å². The highest BCUT2D eigenvalue weighted by Gasteiger charge is 2.37. The first kappa shape index (κ1) is 14.9. The number of rotatable bonds is 5. The van der Waals surface area contributed by atoms with Gasteiger partial charge in [0.15, 0.2) is 0 Å². The highest BCUT2D eigenvalue weighted by atomic mass is 16.5. The third-order valence-electron chi connectivity index (χ3n) is 4.20. The topological polar surface area (TPSA) is 44.5 Å². The Morgan fingerprint density at radius 1 is 1.35 bits per heavy atom. The molecule has 102 valence electrons. The Balaban J connectivity index is 2.37. The summed E-state index contributed by atoms with van der Waals surface area (Å²) >= 11 is 0. The molecule has 0 spiro atoms. The van der Waals surface area contributed by atoms with Crippen LogP contribution >= 0.6 is 0 Å². The van der Waals surface area contributed by atoms with Crippen molar-refractivity contribution in [3.05, 3.63) is 0 Å². The Hall–Kier alpha value is -0.120. The van der Waals surface area contributed by atoms with Gasteiger partial charge in [0.2, 0.25) is 0 Å². The van der Waals surface area contributed by atoms with E-state index in [0.29, 0.717) is 0 Å².